The molecule has 2 heterocycles. The lowest BCUT2D eigenvalue weighted by atomic mass is 10.3. The Bertz CT molecular complexity index is 628. The van der Waals surface area contributed by atoms with Crippen LogP contribution < -0.4 is 0 Å². The summed E-state index contributed by atoms with van der Waals surface area (Å²) in [7, 11) is 0. The predicted molar refractivity (Wildman–Crippen MR) is 77.3 cm³/mol. The average Bonchev–Trinajstić information content (AvgIpc) is 3.02. The molecule has 7 heteroatoms. The molecule has 0 spiro atoms. The van der Waals surface area contributed by atoms with Gasteiger partial charge in [0.1, 0.15) is 5.82 Å². The van der Waals surface area contributed by atoms with Crippen molar-refractivity contribution in [2.75, 3.05) is 6.26 Å². The fraction of sp³-hybridized carbons (Fsp3) is 0.182. The summed E-state index contributed by atoms with van der Waals surface area (Å²) in [4.78, 5) is 7.84. The van der Waals surface area contributed by atoms with E-state index >= 15 is 0 Å². The molecule has 0 aliphatic heterocycles. The minimum absolute atomic E-state index is 0.789. The van der Waals surface area contributed by atoms with Crippen molar-refractivity contribution in [2.45, 2.75) is 14.4 Å². The summed E-state index contributed by atoms with van der Waals surface area (Å²) >= 11 is 4.91. The van der Waals surface area contributed by atoms with Crippen LogP contribution in [0.4, 0.5) is 0 Å². The Balaban J connectivity index is 1.72. The lowest BCUT2D eigenvalue weighted by Crippen LogP contribution is -1.82. The zero-order valence-corrected chi connectivity index (χ0v) is 12.0. The largest absolute Gasteiger partial charge is 0.341 e. The fourth-order valence-corrected chi connectivity index (χ4v) is 3.85. The van der Waals surface area contributed by atoms with Crippen LogP contribution in [0.1, 0.15) is 5.82 Å². The van der Waals surface area contributed by atoms with Crippen LogP contribution in [0.5, 0.6) is 0 Å². The quantitative estimate of drug-likeness (QED) is 0.747. The molecule has 92 valence electrons. The third-order valence-corrected chi connectivity index (χ3v) is 5.38. The number of rotatable bonds is 4. The number of H-pyrrole nitrogens is 1. The number of nitrogens with one attached hydrogen (secondary N) is 1. The van der Waals surface area contributed by atoms with E-state index in [9.17, 15) is 0 Å². The molecule has 0 atom stereocenters. The number of fused-ring (bicyclic) bond motifs is 1. The van der Waals surface area contributed by atoms with Crippen LogP contribution in [0.25, 0.3) is 11.0 Å². The van der Waals surface area contributed by atoms with Gasteiger partial charge in [-0.25, -0.2) is 4.98 Å². The molecule has 0 fully saturated rings. The Morgan fingerprint density at radius 3 is 2.83 bits per heavy atom. The number of hydrogen-bond acceptors (Lipinski definition) is 6. The Morgan fingerprint density at radius 2 is 2.06 bits per heavy atom. The van der Waals surface area contributed by atoms with E-state index in [0.717, 1.165) is 31.3 Å². The monoisotopic (exact) mass is 294 g/mol. The zero-order valence-electron chi connectivity index (χ0n) is 9.58. The topological polar surface area (TPSA) is 54.5 Å². The minimum Gasteiger partial charge on any atom is -0.341 e. The van der Waals surface area contributed by atoms with E-state index in [1.54, 1.807) is 34.9 Å². The molecule has 3 rings (SSSR count). The Kier molecular flexibility index (Phi) is 3.53. The Morgan fingerprint density at radius 1 is 1.22 bits per heavy atom. The molecule has 3 aromatic rings. The first kappa shape index (κ1) is 12.0. The Labute approximate surface area is 117 Å². The first-order chi connectivity index (χ1) is 8.85. The fourth-order valence-electron chi connectivity index (χ4n) is 1.54. The van der Waals surface area contributed by atoms with Gasteiger partial charge in [-0.15, -0.1) is 10.2 Å². The van der Waals surface area contributed by atoms with E-state index < -0.39 is 0 Å². The molecule has 0 aliphatic rings. The summed E-state index contributed by atoms with van der Waals surface area (Å²) in [6, 6.07) is 8.05. The number of imidazole rings is 1. The van der Waals surface area contributed by atoms with Crippen LogP contribution in [0.15, 0.2) is 32.9 Å². The second kappa shape index (κ2) is 5.29. The van der Waals surface area contributed by atoms with E-state index in [4.69, 9.17) is 0 Å². The third kappa shape index (κ3) is 2.52. The van der Waals surface area contributed by atoms with Crippen molar-refractivity contribution < 1.29 is 0 Å². The van der Waals surface area contributed by atoms with Crippen molar-refractivity contribution in [2.24, 2.45) is 0 Å². The number of benzene rings is 1. The van der Waals surface area contributed by atoms with Gasteiger partial charge in [0, 0.05) is 0 Å². The summed E-state index contributed by atoms with van der Waals surface area (Å²) in [5.41, 5.74) is 2.09. The van der Waals surface area contributed by atoms with Crippen LogP contribution in [0.2, 0.25) is 0 Å². The van der Waals surface area contributed by atoms with Crippen molar-refractivity contribution in [1.82, 2.24) is 20.2 Å². The van der Waals surface area contributed by atoms with Gasteiger partial charge in [-0.3, -0.25) is 0 Å². The van der Waals surface area contributed by atoms with E-state index in [0.29, 0.717) is 0 Å². The molecule has 1 aromatic carbocycles. The van der Waals surface area contributed by atoms with Crippen molar-refractivity contribution in [3.8, 4) is 0 Å². The standard InChI is InChI=1S/C11H10N4S3/c1-16-10-14-15-11(18-10)17-6-9-12-7-4-2-3-5-8(7)13-9/h2-5H,6H2,1H3,(H,12,13). The van der Waals surface area contributed by atoms with Crippen LogP contribution >= 0.6 is 34.9 Å². The number of aromatic nitrogens is 4. The summed E-state index contributed by atoms with van der Waals surface area (Å²) in [6.07, 6.45) is 2.01. The number of hydrogen-bond donors (Lipinski definition) is 1. The van der Waals surface area contributed by atoms with Crippen LogP contribution in [-0.4, -0.2) is 26.4 Å². The molecule has 0 saturated heterocycles. The first-order valence-electron chi connectivity index (χ1n) is 5.29. The maximum atomic E-state index is 4.53. The highest BCUT2D eigenvalue weighted by Gasteiger charge is 2.06. The summed E-state index contributed by atoms with van der Waals surface area (Å²) in [5, 5.41) is 8.19. The van der Waals surface area contributed by atoms with Crippen LogP contribution in [-0.2, 0) is 5.75 Å². The highest BCUT2D eigenvalue weighted by molar-refractivity contribution is 8.02. The van der Waals surface area contributed by atoms with Crippen LogP contribution in [0.3, 0.4) is 0 Å². The molecule has 0 bridgehead atoms. The molecule has 1 N–H and O–H groups in total. The van der Waals surface area contributed by atoms with Gasteiger partial charge in [0.25, 0.3) is 0 Å². The van der Waals surface area contributed by atoms with Gasteiger partial charge < -0.3 is 4.98 Å². The maximum Gasteiger partial charge on any atom is 0.175 e. The SMILES string of the molecule is CSc1nnc(SCc2nc3ccccc3[nH]2)s1. The van der Waals surface area contributed by atoms with Gasteiger partial charge in [0.2, 0.25) is 0 Å². The van der Waals surface area contributed by atoms with Gasteiger partial charge in [0.15, 0.2) is 8.68 Å². The normalized spacial score (nSPS) is 11.2. The van der Waals surface area contributed by atoms with E-state index in [2.05, 4.69) is 20.2 Å². The smallest absolute Gasteiger partial charge is 0.175 e. The number of thioether (sulfide) groups is 2. The summed E-state index contributed by atoms with van der Waals surface area (Å²) in [6.45, 7) is 0. The summed E-state index contributed by atoms with van der Waals surface area (Å²) < 4.78 is 1.99. The average molecular weight is 294 g/mol. The van der Waals surface area contributed by atoms with Gasteiger partial charge in [-0.1, -0.05) is 47.0 Å². The molecule has 0 aliphatic carbocycles. The third-order valence-electron chi connectivity index (χ3n) is 2.33. The second-order valence-corrected chi connectivity index (χ2v) is 6.78. The number of para-hydroxylation sites is 2. The van der Waals surface area contributed by atoms with Crippen molar-refractivity contribution in [3.05, 3.63) is 30.1 Å². The maximum absolute atomic E-state index is 4.53. The number of aromatic amines is 1. The first-order valence-corrected chi connectivity index (χ1v) is 8.32. The van der Waals surface area contributed by atoms with Gasteiger partial charge in [-0.05, 0) is 18.4 Å². The molecule has 0 radical (unpaired) electrons. The summed E-state index contributed by atoms with van der Waals surface area (Å²) in [5.74, 6) is 1.76. The molecule has 2 aromatic heterocycles. The molecular weight excluding hydrogens is 284 g/mol. The Hall–Kier alpha value is -1.05. The van der Waals surface area contributed by atoms with Crippen LogP contribution in [0, 0.1) is 0 Å². The molecule has 18 heavy (non-hydrogen) atoms. The molecule has 0 amide bonds. The van der Waals surface area contributed by atoms with Gasteiger partial charge >= 0.3 is 0 Å². The molecule has 4 nitrogen and oxygen atoms in total. The lowest BCUT2D eigenvalue weighted by molar-refractivity contribution is 0.954. The minimum atomic E-state index is 0.789. The van der Waals surface area contributed by atoms with E-state index in [1.807, 2.05) is 30.5 Å². The van der Waals surface area contributed by atoms with Crippen molar-refractivity contribution in [1.29, 1.82) is 0 Å². The highest BCUT2D eigenvalue weighted by Crippen LogP contribution is 2.29. The van der Waals surface area contributed by atoms with Crippen molar-refractivity contribution in [3.63, 3.8) is 0 Å². The predicted octanol–water partition coefficient (Wildman–Crippen LogP) is 3.43. The zero-order chi connectivity index (χ0) is 12.4. The van der Waals surface area contributed by atoms with Gasteiger partial charge in [-0.2, -0.15) is 0 Å². The lowest BCUT2D eigenvalue weighted by Gasteiger charge is -1.91. The van der Waals surface area contributed by atoms with E-state index in [1.165, 1.54) is 0 Å². The molecular formula is C11H10N4S3. The number of nitrogens with zero attached hydrogens (tertiary/aromatic N) is 3. The second-order valence-electron chi connectivity index (χ2n) is 3.53. The van der Waals surface area contributed by atoms with E-state index in [-0.39, 0.29) is 0 Å². The molecule has 0 unspecified atom stereocenters. The molecule has 0 saturated carbocycles. The van der Waals surface area contributed by atoms with Crippen molar-refractivity contribution >= 4 is 45.9 Å². The highest BCUT2D eigenvalue weighted by atomic mass is 32.2. The van der Waals surface area contributed by atoms with Gasteiger partial charge in [0.05, 0.1) is 16.8 Å².